The first-order valence-corrected chi connectivity index (χ1v) is 11.7. The van der Waals surface area contributed by atoms with E-state index >= 15 is 0 Å². The molecule has 188 valence electrons. The van der Waals surface area contributed by atoms with Gasteiger partial charge in [-0.25, -0.2) is 10.9 Å². The zero-order valence-electron chi connectivity index (χ0n) is 20.5. The second-order valence-corrected chi connectivity index (χ2v) is 7.95. The monoisotopic (exact) mass is 489 g/mol. The molecule has 1 aliphatic carbocycles. The fourth-order valence-electron chi connectivity index (χ4n) is 3.36. The minimum atomic E-state index is -0.309. The summed E-state index contributed by atoms with van der Waals surface area (Å²) in [5.74, 6) is 1.07. The lowest BCUT2D eigenvalue weighted by molar-refractivity contribution is -0.121. The normalized spacial score (nSPS) is 13.2. The number of hydrogen-bond donors (Lipinski definition) is 3. The van der Waals surface area contributed by atoms with Crippen LogP contribution in [0.1, 0.15) is 41.6 Å². The van der Waals surface area contributed by atoms with Crippen LogP contribution in [0.5, 0.6) is 5.75 Å². The Bertz CT molecular complexity index is 1150. The van der Waals surface area contributed by atoms with Crippen LogP contribution >= 0.6 is 0 Å². The Balaban J connectivity index is 1.34. The maximum absolute atomic E-state index is 12.3. The first-order valence-electron chi connectivity index (χ1n) is 11.7. The van der Waals surface area contributed by atoms with Gasteiger partial charge in [0, 0.05) is 24.2 Å². The molecule has 0 spiro atoms. The lowest BCUT2D eigenvalue weighted by Crippen LogP contribution is -2.18. The maximum Gasteiger partial charge on any atom is 0.271 e. The van der Waals surface area contributed by atoms with Crippen molar-refractivity contribution >= 4 is 29.9 Å². The highest BCUT2D eigenvalue weighted by Gasteiger charge is 2.06. The molecular formula is C27H31N5O4. The van der Waals surface area contributed by atoms with Crippen LogP contribution in [0.4, 0.5) is 5.69 Å². The molecule has 0 bridgehead atoms. The summed E-state index contributed by atoms with van der Waals surface area (Å²) in [5, 5.41) is 11.3. The van der Waals surface area contributed by atoms with Gasteiger partial charge in [0.2, 0.25) is 5.91 Å². The summed E-state index contributed by atoms with van der Waals surface area (Å²) in [7, 11) is 3.22. The number of amides is 2. The fraction of sp³-hybridized carbons (Fsp3) is 0.259. The Labute approximate surface area is 211 Å². The van der Waals surface area contributed by atoms with E-state index in [-0.39, 0.29) is 11.8 Å². The van der Waals surface area contributed by atoms with Gasteiger partial charge < -0.3 is 14.8 Å². The van der Waals surface area contributed by atoms with Gasteiger partial charge in [0.25, 0.3) is 5.91 Å². The highest BCUT2D eigenvalue weighted by molar-refractivity contribution is 5.95. The number of hydrogen-bond acceptors (Lipinski definition) is 7. The van der Waals surface area contributed by atoms with Crippen LogP contribution in [0.3, 0.4) is 0 Å². The van der Waals surface area contributed by atoms with Gasteiger partial charge >= 0.3 is 0 Å². The van der Waals surface area contributed by atoms with Crippen LogP contribution in [-0.4, -0.2) is 45.0 Å². The molecule has 36 heavy (non-hydrogen) atoms. The number of carbonyl (C=O) groups is 2. The summed E-state index contributed by atoms with van der Waals surface area (Å²) in [5.41, 5.74) is 8.24. The van der Waals surface area contributed by atoms with Crippen molar-refractivity contribution in [3.05, 3.63) is 83.1 Å². The summed E-state index contributed by atoms with van der Waals surface area (Å²) >= 11 is 0. The molecule has 0 heterocycles. The molecule has 9 nitrogen and oxygen atoms in total. The summed E-state index contributed by atoms with van der Waals surface area (Å²) in [6, 6.07) is 14.4. The van der Waals surface area contributed by atoms with Gasteiger partial charge in [-0.15, -0.1) is 0 Å². The van der Waals surface area contributed by atoms with Crippen molar-refractivity contribution in [2.24, 2.45) is 10.2 Å². The van der Waals surface area contributed by atoms with E-state index in [0.29, 0.717) is 30.7 Å². The molecule has 0 fully saturated rings. The summed E-state index contributed by atoms with van der Waals surface area (Å²) < 4.78 is 10.4. The highest BCUT2D eigenvalue weighted by Crippen LogP contribution is 2.16. The molecule has 0 radical (unpaired) electrons. The van der Waals surface area contributed by atoms with Crippen molar-refractivity contribution < 1.29 is 19.1 Å². The highest BCUT2D eigenvalue weighted by atomic mass is 16.5. The van der Waals surface area contributed by atoms with E-state index in [0.717, 1.165) is 35.4 Å². The van der Waals surface area contributed by atoms with Crippen molar-refractivity contribution in [1.29, 1.82) is 0 Å². The minimum Gasteiger partial charge on any atom is -0.497 e. The van der Waals surface area contributed by atoms with E-state index < -0.39 is 0 Å². The van der Waals surface area contributed by atoms with Crippen molar-refractivity contribution in [2.45, 2.75) is 25.7 Å². The zero-order valence-corrected chi connectivity index (χ0v) is 20.5. The van der Waals surface area contributed by atoms with E-state index in [1.165, 1.54) is 0 Å². The third-order valence-electron chi connectivity index (χ3n) is 5.29. The Morgan fingerprint density at radius 3 is 2.58 bits per heavy atom. The third kappa shape index (κ3) is 8.75. The van der Waals surface area contributed by atoms with E-state index in [4.69, 9.17) is 9.47 Å². The van der Waals surface area contributed by atoms with Crippen molar-refractivity contribution in [1.82, 2.24) is 10.9 Å². The number of methoxy groups -OCH3 is 2. The van der Waals surface area contributed by atoms with Gasteiger partial charge in [-0.05, 0) is 78.9 Å². The SMILES string of the molecule is COC1=CCCC(/C=N/NC(=O)CCCNc2ccc(C(=O)N/N=C/c3cccc(OC)c3)cc2)=C1. The zero-order chi connectivity index (χ0) is 25.6. The molecule has 9 heteroatoms. The number of ether oxygens (including phenoxy) is 2. The predicted molar refractivity (Wildman–Crippen MR) is 141 cm³/mol. The Hall–Kier alpha value is -4.40. The minimum absolute atomic E-state index is 0.145. The number of nitrogens with one attached hydrogen (secondary N) is 3. The van der Waals surface area contributed by atoms with E-state index in [1.54, 1.807) is 38.8 Å². The third-order valence-corrected chi connectivity index (χ3v) is 5.29. The smallest absolute Gasteiger partial charge is 0.271 e. The maximum atomic E-state index is 12.3. The number of allylic oxidation sites excluding steroid dienone is 3. The molecular weight excluding hydrogens is 458 g/mol. The number of benzene rings is 2. The van der Waals surface area contributed by atoms with E-state index in [2.05, 4.69) is 26.4 Å². The molecule has 2 aromatic rings. The second kappa shape index (κ2) is 14.1. The second-order valence-electron chi connectivity index (χ2n) is 7.95. The van der Waals surface area contributed by atoms with Crippen LogP contribution in [-0.2, 0) is 9.53 Å². The Kier molecular flexibility index (Phi) is 10.3. The molecule has 0 atom stereocenters. The molecule has 0 saturated heterocycles. The molecule has 0 aromatic heterocycles. The average Bonchev–Trinajstić information content (AvgIpc) is 2.91. The number of anilines is 1. The molecule has 1 aliphatic rings. The average molecular weight is 490 g/mol. The summed E-state index contributed by atoms with van der Waals surface area (Å²) in [6.07, 6.45) is 9.89. The van der Waals surface area contributed by atoms with Gasteiger partial charge in [0.15, 0.2) is 0 Å². The van der Waals surface area contributed by atoms with Gasteiger partial charge in [-0.2, -0.15) is 10.2 Å². The van der Waals surface area contributed by atoms with Crippen molar-refractivity contribution in [3.63, 3.8) is 0 Å². The summed E-state index contributed by atoms with van der Waals surface area (Å²) in [4.78, 5) is 24.3. The topological polar surface area (TPSA) is 113 Å². The standard InChI is InChI=1S/C27H31N5O4/c1-35-24-8-3-6-20(16-24)18-29-31-26(33)10-5-15-28-23-13-11-22(12-14-23)27(34)32-30-19-21-7-4-9-25(17-21)36-2/h4,7-9,11-14,16-19,28H,3,5-6,10,15H2,1-2H3,(H,31,33)(H,32,34)/b29-18+,30-19+. The number of rotatable bonds is 12. The van der Waals surface area contributed by atoms with E-state index in [9.17, 15) is 9.59 Å². The lowest BCUT2D eigenvalue weighted by atomic mass is 10.1. The van der Waals surface area contributed by atoms with Gasteiger partial charge in [0.05, 0.1) is 26.6 Å². The van der Waals surface area contributed by atoms with Gasteiger partial charge in [0.1, 0.15) is 11.5 Å². The van der Waals surface area contributed by atoms with Crippen molar-refractivity contribution in [2.75, 3.05) is 26.1 Å². The number of hydrazone groups is 2. The molecule has 0 unspecified atom stereocenters. The van der Waals surface area contributed by atoms with Crippen molar-refractivity contribution in [3.8, 4) is 5.75 Å². The summed E-state index contributed by atoms with van der Waals surface area (Å²) in [6.45, 7) is 0.612. The first kappa shape index (κ1) is 26.2. The van der Waals surface area contributed by atoms with Gasteiger partial charge in [-0.3, -0.25) is 9.59 Å². The fourth-order valence-corrected chi connectivity index (χ4v) is 3.36. The molecule has 0 saturated carbocycles. The van der Waals surface area contributed by atoms with Crippen LogP contribution in [0.2, 0.25) is 0 Å². The Morgan fingerprint density at radius 2 is 1.81 bits per heavy atom. The quantitative estimate of drug-likeness (QED) is 0.237. The van der Waals surface area contributed by atoms with Crippen LogP contribution in [0.15, 0.2) is 82.2 Å². The van der Waals surface area contributed by atoms with Crippen LogP contribution < -0.4 is 20.9 Å². The largest absolute Gasteiger partial charge is 0.497 e. The molecule has 3 rings (SSSR count). The number of nitrogens with zero attached hydrogens (tertiary/aromatic N) is 2. The molecule has 0 aliphatic heterocycles. The predicted octanol–water partition coefficient (Wildman–Crippen LogP) is 4.00. The molecule has 2 aromatic carbocycles. The van der Waals surface area contributed by atoms with Crippen LogP contribution in [0, 0.1) is 0 Å². The first-order chi connectivity index (χ1) is 17.6. The lowest BCUT2D eigenvalue weighted by Gasteiger charge is -2.09. The number of carbonyl (C=O) groups excluding carboxylic acids is 2. The van der Waals surface area contributed by atoms with Gasteiger partial charge in [-0.1, -0.05) is 12.1 Å². The van der Waals surface area contributed by atoms with E-state index in [1.807, 2.05) is 48.6 Å². The van der Waals surface area contributed by atoms with Crippen LogP contribution in [0.25, 0.3) is 0 Å². The molecule has 3 N–H and O–H groups in total. The molecule has 2 amide bonds. The Morgan fingerprint density at radius 1 is 1.00 bits per heavy atom.